The molecule has 4 nitrogen and oxygen atoms in total. The molecule has 2 fully saturated rings. The number of nitrogens with one attached hydrogen (secondary N) is 2. The number of hydrogen-bond acceptors (Lipinski definition) is 3. The van der Waals surface area contributed by atoms with Gasteiger partial charge in [0.25, 0.3) is 0 Å². The smallest absolute Gasteiger partial charge is 0.225 e. The Morgan fingerprint density at radius 1 is 1.37 bits per heavy atom. The van der Waals surface area contributed by atoms with Crippen molar-refractivity contribution in [1.29, 1.82) is 0 Å². The molecule has 0 radical (unpaired) electrons. The van der Waals surface area contributed by atoms with Gasteiger partial charge in [-0.3, -0.25) is 4.79 Å². The van der Waals surface area contributed by atoms with Crippen molar-refractivity contribution in [2.45, 2.75) is 44.2 Å². The fourth-order valence-corrected chi connectivity index (χ4v) is 3.48. The third-order valence-electron chi connectivity index (χ3n) is 4.04. The molecule has 2 saturated heterocycles. The highest BCUT2D eigenvalue weighted by atomic mass is 79.9. The molecule has 2 N–H and O–H groups in total. The number of aromatic nitrogens is 1. The number of carbonyl (C=O) groups excluding carboxylic acids is 1. The summed E-state index contributed by atoms with van der Waals surface area (Å²) in [6.45, 7) is 0. The van der Waals surface area contributed by atoms with E-state index in [2.05, 4.69) is 31.5 Å². The molecule has 2 aliphatic heterocycles. The summed E-state index contributed by atoms with van der Waals surface area (Å²) in [7, 11) is 0. The molecule has 2 aliphatic rings. The molecular weight excluding hydrogens is 306 g/mol. The maximum atomic E-state index is 12.0. The van der Waals surface area contributed by atoms with E-state index in [4.69, 9.17) is 0 Å². The van der Waals surface area contributed by atoms with Gasteiger partial charge >= 0.3 is 0 Å². The highest BCUT2D eigenvalue weighted by Gasteiger charge is 2.34. The summed E-state index contributed by atoms with van der Waals surface area (Å²) in [5.74, 6) is 1.24. The molecule has 3 heterocycles. The summed E-state index contributed by atoms with van der Waals surface area (Å²) in [5, 5.41) is 6.48. The molecule has 0 spiro atoms. The number of halogens is 1. The molecule has 1 amide bonds. The molecule has 102 valence electrons. The number of anilines is 1. The fraction of sp³-hybridized carbons (Fsp3) is 0.571. The van der Waals surface area contributed by atoms with Gasteiger partial charge in [0, 0.05) is 29.2 Å². The van der Waals surface area contributed by atoms with Crippen molar-refractivity contribution < 1.29 is 4.79 Å². The number of carbonyl (C=O) groups is 1. The van der Waals surface area contributed by atoms with E-state index in [1.807, 2.05) is 12.1 Å². The van der Waals surface area contributed by atoms with Crippen molar-refractivity contribution in [1.82, 2.24) is 10.3 Å². The zero-order valence-electron chi connectivity index (χ0n) is 10.7. The maximum absolute atomic E-state index is 12.0. The molecule has 1 aromatic rings. The summed E-state index contributed by atoms with van der Waals surface area (Å²) < 4.78 is 0.917. The first-order chi connectivity index (χ1) is 9.19. The van der Waals surface area contributed by atoms with E-state index >= 15 is 0 Å². The van der Waals surface area contributed by atoms with Crippen LogP contribution in [-0.4, -0.2) is 23.0 Å². The maximum Gasteiger partial charge on any atom is 0.225 e. The number of rotatable bonds is 3. The summed E-state index contributed by atoms with van der Waals surface area (Å²) in [5.41, 5.74) is 0. The van der Waals surface area contributed by atoms with Crippen LogP contribution in [0.1, 0.15) is 32.1 Å². The van der Waals surface area contributed by atoms with Gasteiger partial charge in [-0.25, -0.2) is 4.98 Å². The Kier molecular flexibility index (Phi) is 3.84. The monoisotopic (exact) mass is 323 g/mol. The second kappa shape index (κ2) is 5.59. The van der Waals surface area contributed by atoms with E-state index in [-0.39, 0.29) is 5.91 Å². The topological polar surface area (TPSA) is 54.0 Å². The molecule has 0 saturated carbocycles. The van der Waals surface area contributed by atoms with Crippen LogP contribution in [-0.2, 0) is 4.79 Å². The molecule has 0 aliphatic carbocycles. The van der Waals surface area contributed by atoms with Crippen LogP contribution in [0.15, 0.2) is 22.8 Å². The molecule has 1 aromatic heterocycles. The lowest BCUT2D eigenvalue weighted by molar-refractivity contribution is -0.117. The molecule has 19 heavy (non-hydrogen) atoms. The number of fused-ring (bicyclic) bond motifs is 2. The summed E-state index contributed by atoms with van der Waals surface area (Å²) >= 11 is 3.33. The molecule has 0 aromatic carbocycles. The third-order valence-corrected chi connectivity index (χ3v) is 4.51. The van der Waals surface area contributed by atoms with E-state index in [9.17, 15) is 4.79 Å². The van der Waals surface area contributed by atoms with Gasteiger partial charge in [0.15, 0.2) is 0 Å². The number of amides is 1. The van der Waals surface area contributed by atoms with E-state index < -0.39 is 0 Å². The van der Waals surface area contributed by atoms with Crippen molar-refractivity contribution in [3.05, 3.63) is 22.8 Å². The van der Waals surface area contributed by atoms with E-state index in [0.717, 1.165) is 17.3 Å². The first kappa shape index (κ1) is 13.1. The lowest BCUT2D eigenvalue weighted by Gasteiger charge is -2.28. The van der Waals surface area contributed by atoms with Gasteiger partial charge in [-0.2, -0.15) is 0 Å². The van der Waals surface area contributed by atoms with E-state index in [1.165, 1.54) is 12.8 Å². The van der Waals surface area contributed by atoms with Crippen LogP contribution < -0.4 is 10.6 Å². The average Bonchev–Trinajstić information content (AvgIpc) is 2.72. The van der Waals surface area contributed by atoms with Crippen LogP contribution in [0.25, 0.3) is 0 Å². The highest BCUT2D eigenvalue weighted by Crippen LogP contribution is 2.32. The van der Waals surface area contributed by atoms with Crippen molar-refractivity contribution in [3.8, 4) is 0 Å². The first-order valence-corrected chi connectivity index (χ1v) is 7.66. The van der Waals surface area contributed by atoms with Gasteiger partial charge < -0.3 is 10.6 Å². The van der Waals surface area contributed by atoms with Crippen LogP contribution in [0.2, 0.25) is 0 Å². The summed E-state index contributed by atoms with van der Waals surface area (Å²) in [6, 6.07) is 4.98. The quantitative estimate of drug-likeness (QED) is 0.899. The highest BCUT2D eigenvalue weighted by molar-refractivity contribution is 9.10. The number of hydrogen-bond donors (Lipinski definition) is 2. The van der Waals surface area contributed by atoms with E-state index in [0.29, 0.717) is 30.2 Å². The molecule has 2 atom stereocenters. The zero-order valence-corrected chi connectivity index (χ0v) is 12.3. The largest absolute Gasteiger partial charge is 0.311 e. The lowest BCUT2D eigenvalue weighted by atomic mass is 9.89. The van der Waals surface area contributed by atoms with Crippen molar-refractivity contribution in [2.24, 2.45) is 5.92 Å². The molecular formula is C14H18BrN3O. The second-order valence-electron chi connectivity index (χ2n) is 5.59. The van der Waals surface area contributed by atoms with Gasteiger partial charge in [-0.05, 0) is 59.7 Å². The summed E-state index contributed by atoms with van der Waals surface area (Å²) in [4.78, 5) is 16.2. The predicted molar refractivity (Wildman–Crippen MR) is 77.9 cm³/mol. The van der Waals surface area contributed by atoms with E-state index in [1.54, 1.807) is 6.20 Å². The zero-order chi connectivity index (χ0) is 13.2. The minimum Gasteiger partial charge on any atom is -0.311 e. The number of pyridine rings is 1. The van der Waals surface area contributed by atoms with Gasteiger partial charge in [0.1, 0.15) is 5.82 Å². The Morgan fingerprint density at radius 2 is 2.11 bits per heavy atom. The SMILES string of the molecule is O=C(CC1CC2CCC(C1)N2)Nc1ccc(Br)cn1. The normalized spacial score (nSPS) is 29.2. The first-order valence-electron chi connectivity index (χ1n) is 6.86. The van der Waals surface area contributed by atoms with Crippen molar-refractivity contribution in [3.63, 3.8) is 0 Å². The molecule has 5 heteroatoms. The lowest BCUT2D eigenvalue weighted by Crippen LogP contribution is -2.39. The fourth-order valence-electron chi connectivity index (χ4n) is 3.25. The van der Waals surface area contributed by atoms with Crippen LogP contribution >= 0.6 is 15.9 Å². The predicted octanol–water partition coefficient (Wildman–Crippen LogP) is 2.70. The van der Waals surface area contributed by atoms with Gasteiger partial charge in [0.2, 0.25) is 5.91 Å². The van der Waals surface area contributed by atoms with Crippen molar-refractivity contribution >= 4 is 27.7 Å². The second-order valence-corrected chi connectivity index (χ2v) is 6.50. The Morgan fingerprint density at radius 3 is 2.74 bits per heavy atom. The Bertz CT molecular complexity index is 450. The number of nitrogens with zero attached hydrogens (tertiary/aromatic N) is 1. The third kappa shape index (κ3) is 3.34. The van der Waals surface area contributed by atoms with Crippen LogP contribution in [0, 0.1) is 5.92 Å². The minimum absolute atomic E-state index is 0.0844. The Hall–Kier alpha value is -0.940. The molecule has 3 rings (SSSR count). The standard InChI is InChI=1S/C14H18BrN3O/c15-10-1-4-13(16-8-10)18-14(19)7-9-5-11-2-3-12(6-9)17-11/h1,4,8-9,11-12,17H,2-3,5-7H2,(H,16,18,19). The van der Waals surface area contributed by atoms with Crippen LogP contribution in [0.4, 0.5) is 5.82 Å². The Labute approximate surface area is 121 Å². The Balaban J connectivity index is 1.52. The average molecular weight is 324 g/mol. The van der Waals surface area contributed by atoms with Crippen molar-refractivity contribution in [2.75, 3.05) is 5.32 Å². The van der Waals surface area contributed by atoms with Gasteiger partial charge in [-0.15, -0.1) is 0 Å². The molecule has 2 bridgehead atoms. The van der Waals surface area contributed by atoms with Gasteiger partial charge in [-0.1, -0.05) is 0 Å². The van der Waals surface area contributed by atoms with Crippen LogP contribution in [0.3, 0.4) is 0 Å². The van der Waals surface area contributed by atoms with Gasteiger partial charge in [0.05, 0.1) is 0 Å². The summed E-state index contributed by atoms with van der Waals surface area (Å²) in [6.07, 6.45) is 7.14. The van der Waals surface area contributed by atoms with Crippen LogP contribution in [0.5, 0.6) is 0 Å². The molecule has 2 unspecified atom stereocenters. The number of piperidine rings is 1. The minimum atomic E-state index is 0.0844.